The Bertz CT molecular complexity index is 308. The van der Waals surface area contributed by atoms with Crippen molar-refractivity contribution in [3.63, 3.8) is 0 Å². The van der Waals surface area contributed by atoms with Crippen molar-refractivity contribution in [2.45, 2.75) is 39.5 Å². The molecule has 1 unspecified atom stereocenters. The SMILES string of the molecule is CCC1(C)CC(=S)OC1=O.O=C1CCCN1. The molecule has 1 amide bonds. The van der Waals surface area contributed by atoms with Crippen molar-refractivity contribution in [2.24, 2.45) is 5.41 Å². The van der Waals surface area contributed by atoms with Gasteiger partial charge in [0.25, 0.3) is 0 Å². The summed E-state index contributed by atoms with van der Waals surface area (Å²) in [6.07, 6.45) is 3.17. The van der Waals surface area contributed by atoms with Crippen LogP contribution in [0.5, 0.6) is 0 Å². The number of ether oxygens (including phenoxy) is 1. The Hall–Kier alpha value is -0.970. The number of cyclic esters (lactones) is 1. The van der Waals surface area contributed by atoms with Gasteiger partial charge in [0.05, 0.1) is 5.41 Å². The number of esters is 1. The minimum atomic E-state index is -0.336. The van der Waals surface area contributed by atoms with Crippen molar-refractivity contribution in [3.05, 3.63) is 0 Å². The third kappa shape index (κ3) is 3.27. The average molecular weight is 243 g/mol. The van der Waals surface area contributed by atoms with Crippen LogP contribution in [0.15, 0.2) is 0 Å². The Morgan fingerprint density at radius 1 is 1.50 bits per heavy atom. The maximum atomic E-state index is 11.0. The normalized spacial score (nSPS) is 28.2. The lowest BCUT2D eigenvalue weighted by molar-refractivity contribution is -0.141. The second kappa shape index (κ2) is 5.39. The minimum absolute atomic E-state index is 0.167. The highest BCUT2D eigenvalue weighted by Gasteiger charge is 2.41. The van der Waals surface area contributed by atoms with Crippen LogP contribution in [0.25, 0.3) is 0 Å². The first-order valence-corrected chi connectivity index (χ1v) is 5.90. The number of amides is 1. The summed E-state index contributed by atoms with van der Waals surface area (Å²) in [7, 11) is 0. The highest BCUT2D eigenvalue weighted by molar-refractivity contribution is 7.80. The number of thiocarbonyl (C=S) groups is 1. The second-order valence-electron chi connectivity index (χ2n) is 4.31. The molecule has 0 aromatic heterocycles. The van der Waals surface area contributed by atoms with Gasteiger partial charge < -0.3 is 10.1 Å². The summed E-state index contributed by atoms with van der Waals surface area (Å²) < 4.78 is 4.76. The molecule has 0 aromatic carbocycles. The number of rotatable bonds is 1. The number of carbonyl (C=O) groups is 2. The number of hydrogen-bond acceptors (Lipinski definition) is 4. The third-order valence-corrected chi connectivity index (χ3v) is 3.14. The first-order valence-electron chi connectivity index (χ1n) is 5.50. The van der Waals surface area contributed by atoms with Gasteiger partial charge in [-0.3, -0.25) is 9.59 Å². The Balaban J connectivity index is 0.000000181. The zero-order chi connectivity index (χ0) is 12.2. The van der Waals surface area contributed by atoms with Crippen molar-refractivity contribution in [3.8, 4) is 0 Å². The van der Waals surface area contributed by atoms with Crippen LogP contribution in [0.2, 0.25) is 0 Å². The molecule has 0 bridgehead atoms. The van der Waals surface area contributed by atoms with Crippen molar-refractivity contribution in [1.29, 1.82) is 0 Å². The van der Waals surface area contributed by atoms with Crippen molar-refractivity contribution < 1.29 is 14.3 Å². The summed E-state index contributed by atoms with van der Waals surface area (Å²) >= 11 is 4.77. The Labute approximate surface area is 101 Å². The van der Waals surface area contributed by atoms with E-state index in [1.165, 1.54) is 0 Å². The quantitative estimate of drug-likeness (QED) is 0.561. The standard InChI is InChI=1S/C7H10O2S.C4H7NO/c1-3-7(2)4-5(10)9-6(7)8;6-4-2-1-3-5-4/h3-4H2,1-2H3;1-3H2,(H,5,6). The monoisotopic (exact) mass is 243 g/mol. The zero-order valence-electron chi connectivity index (χ0n) is 9.67. The van der Waals surface area contributed by atoms with Gasteiger partial charge in [0.2, 0.25) is 5.91 Å². The molecule has 0 aliphatic carbocycles. The summed E-state index contributed by atoms with van der Waals surface area (Å²) in [6, 6.07) is 0. The largest absolute Gasteiger partial charge is 0.419 e. The van der Waals surface area contributed by atoms with Gasteiger partial charge >= 0.3 is 5.97 Å². The first kappa shape index (κ1) is 13.1. The number of hydrogen-bond donors (Lipinski definition) is 1. The number of nitrogens with one attached hydrogen (secondary N) is 1. The van der Waals surface area contributed by atoms with Crippen molar-refractivity contribution >= 4 is 29.1 Å². The zero-order valence-corrected chi connectivity index (χ0v) is 10.5. The lowest BCUT2D eigenvalue weighted by atomic mass is 9.86. The van der Waals surface area contributed by atoms with Gasteiger partial charge in [0.15, 0.2) is 5.05 Å². The highest BCUT2D eigenvalue weighted by Crippen LogP contribution is 2.33. The van der Waals surface area contributed by atoms with Gasteiger partial charge in [-0.15, -0.1) is 0 Å². The first-order chi connectivity index (χ1) is 7.48. The molecule has 2 fully saturated rings. The topological polar surface area (TPSA) is 55.4 Å². The highest BCUT2D eigenvalue weighted by atomic mass is 32.1. The second-order valence-corrected chi connectivity index (χ2v) is 4.76. The van der Waals surface area contributed by atoms with Gasteiger partial charge in [-0.2, -0.15) is 0 Å². The fourth-order valence-corrected chi connectivity index (χ4v) is 1.88. The van der Waals surface area contributed by atoms with Gasteiger partial charge in [-0.1, -0.05) is 6.92 Å². The summed E-state index contributed by atoms with van der Waals surface area (Å²) in [4.78, 5) is 21.2. The molecule has 0 aromatic rings. The van der Waals surface area contributed by atoms with E-state index in [-0.39, 0.29) is 17.3 Å². The van der Waals surface area contributed by atoms with Crippen molar-refractivity contribution in [1.82, 2.24) is 5.32 Å². The molecule has 0 radical (unpaired) electrons. The van der Waals surface area contributed by atoms with Crippen molar-refractivity contribution in [2.75, 3.05) is 6.54 Å². The van der Waals surface area contributed by atoms with E-state index in [2.05, 4.69) is 5.32 Å². The van der Waals surface area contributed by atoms with E-state index < -0.39 is 0 Å². The predicted molar refractivity (Wildman–Crippen MR) is 63.9 cm³/mol. The van der Waals surface area contributed by atoms with Gasteiger partial charge in [0.1, 0.15) is 0 Å². The molecule has 0 spiro atoms. The third-order valence-electron chi connectivity index (χ3n) is 2.92. The number of carbonyl (C=O) groups excluding carboxylic acids is 2. The van der Waals surface area contributed by atoms with Gasteiger partial charge in [-0.25, -0.2) is 0 Å². The van der Waals surface area contributed by atoms with Crippen LogP contribution in [0.3, 0.4) is 0 Å². The summed E-state index contributed by atoms with van der Waals surface area (Å²) in [6.45, 7) is 4.74. The lowest BCUT2D eigenvalue weighted by Gasteiger charge is -2.13. The van der Waals surface area contributed by atoms with E-state index in [0.29, 0.717) is 11.5 Å². The molecule has 1 atom stereocenters. The molecule has 90 valence electrons. The van der Waals surface area contributed by atoms with E-state index in [9.17, 15) is 9.59 Å². The molecule has 2 saturated heterocycles. The average Bonchev–Trinajstić information content (AvgIpc) is 2.77. The molecule has 2 rings (SSSR count). The molecule has 5 heteroatoms. The lowest BCUT2D eigenvalue weighted by Crippen LogP contribution is -2.20. The molecule has 2 aliphatic rings. The van der Waals surface area contributed by atoms with Gasteiger partial charge in [0, 0.05) is 19.4 Å². The Morgan fingerprint density at radius 2 is 2.19 bits per heavy atom. The van der Waals surface area contributed by atoms with E-state index >= 15 is 0 Å². The van der Waals surface area contributed by atoms with Crippen LogP contribution in [0.1, 0.15) is 39.5 Å². The van der Waals surface area contributed by atoms with E-state index in [0.717, 1.165) is 25.8 Å². The Morgan fingerprint density at radius 3 is 2.38 bits per heavy atom. The summed E-state index contributed by atoms with van der Waals surface area (Å²) in [5.74, 6) is 0.0370. The summed E-state index contributed by atoms with van der Waals surface area (Å²) in [5.41, 5.74) is -0.336. The smallest absolute Gasteiger partial charge is 0.318 e. The van der Waals surface area contributed by atoms with E-state index in [1.54, 1.807) is 0 Å². The summed E-state index contributed by atoms with van der Waals surface area (Å²) in [5, 5.41) is 3.12. The van der Waals surface area contributed by atoms with Crippen LogP contribution < -0.4 is 5.32 Å². The Kier molecular flexibility index (Phi) is 4.41. The van der Waals surface area contributed by atoms with Gasteiger partial charge in [-0.05, 0) is 32.0 Å². The minimum Gasteiger partial charge on any atom is -0.419 e. The van der Waals surface area contributed by atoms with Crippen LogP contribution in [-0.2, 0) is 14.3 Å². The molecular weight excluding hydrogens is 226 g/mol. The van der Waals surface area contributed by atoms with Crippen LogP contribution >= 0.6 is 12.2 Å². The predicted octanol–water partition coefficient (Wildman–Crippen LogP) is 1.57. The fourth-order valence-electron chi connectivity index (χ4n) is 1.49. The molecular formula is C11H17NO3S. The molecule has 4 nitrogen and oxygen atoms in total. The molecule has 2 aliphatic heterocycles. The molecule has 1 N–H and O–H groups in total. The molecule has 16 heavy (non-hydrogen) atoms. The maximum Gasteiger partial charge on any atom is 0.318 e. The van der Waals surface area contributed by atoms with Crippen LogP contribution in [0.4, 0.5) is 0 Å². The van der Waals surface area contributed by atoms with E-state index in [1.807, 2.05) is 13.8 Å². The van der Waals surface area contributed by atoms with Crippen LogP contribution in [0, 0.1) is 5.41 Å². The fraction of sp³-hybridized carbons (Fsp3) is 0.727. The maximum absolute atomic E-state index is 11.0. The molecule has 0 saturated carbocycles. The molecule has 2 heterocycles. The van der Waals surface area contributed by atoms with Crippen LogP contribution in [-0.4, -0.2) is 23.5 Å². The van der Waals surface area contributed by atoms with E-state index in [4.69, 9.17) is 17.0 Å².